The monoisotopic (exact) mass is 466 g/mol. The Morgan fingerprint density at radius 2 is 1.88 bits per heavy atom. The van der Waals surface area contributed by atoms with Crippen LogP contribution in [0.5, 0.6) is 17.2 Å². The third kappa shape index (κ3) is 3.45. The zero-order chi connectivity index (χ0) is 22.7. The fourth-order valence-electron chi connectivity index (χ4n) is 6.33. The number of hydrogen-bond donors (Lipinski definition) is 0. The van der Waals surface area contributed by atoms with E-state index in [1.807, 2.05) is 6.07 Å². The van der Waals surface area contributed by atoms with Crippen LogP contribution in [0.25, 0.3) is 5.57 Å². The molecule has 6 heteroatoms. The lowest BCUT2D eigenvalue weighted by Crippen LogP contribution is -2.30. The van der Waals surface area contributed by atoms with E-state index >= 15 is 0 Å². The zero-order valence-electron chi connectivity index (χ0n) is 19.1. The van der Waals surface area contributed by atoms with Crippen LogP contribution >= 0.6 is 0 Å². The molecule has 2 aromatic carbocycles. The number of aryl methyl sites for hydroxylation is 1. The van der Waals surface area contributed by atoms with Crippen molar-refractivity contribution in [2.45, 2.75) is 62.5 Å². The molecular weight excluding hydrogens is 436 g/mol. The summed E-state index contributed by atoms with van der Waals surface area (Å²) in [4.78, 5) is 0. The summed E-state index contributed by atoms with van der Waals surface area (Å²) >= 11 is 0. The van der Waals surface area contributed by atoms with E-state index in [1.165, 1.54) is 11.1 Å². The first kappa shape index (κ1) is 21.1. The SMILES string of the molecule is C=C1COc2cc3c(cc21)CCC1Cc2c(ccc(OC)c2OS(=O)(=O)C2CCCC2)CC31. The first-order valence-corrected chi connectivity index (χ1v) is 13.5. The third-order valence-electron chi connectivity index (χ3n) is 8.13. The average molecular weight is 467 g/mol. The van der Waals surface area contributed by atoms with Gasteiger partial charge in [0, 0.05) is 11.1 Å². The van der Waals surface area contributed by atoms with Gasteiger partial charge in [0.1, 0.15) is 12.4 Å². The zero-order valence-corrected chi connectivity index (χ0v) is 19.9. The van der Waals surface area contributed by atoms with Crippen LogP contribution in [0.2, 0.25) is 0 Å². The van der Waals surface area contributed by atoms with E-state index in [2.05, 4.69) is 24.8 Å². The van der Waals surface area contributed by atoms with Crippen molar-refractivity contribution in [3.05, 3.63) is 58.7 Å². The van der Waals surface area contributed by atoms with Gasteiger partial charge in [0.25, 0.3) is 0 Å². The topological polar surface area (TPSA) is 61.8 Å². The number of benzene rings is 2. The van der Waals surface area contributed by atoms with Gasteiger partial charge in [-0.15, -0.1) is 0 Å². The number of fused-ring (bicyclic) bond motifs is 5. The van der Waals surface area contributed by atoms with Crippen LogP contribution in [-0.2, 0) is 29.4 Å². The molecule has 0 aromatic heterocycles. The molecule has 1 heterocycles. The molecule has 0 radical (unpaired) electrons. The quantitative estimate of drug-likeness (QED) is 0.580. The molecule has 2 atom stereocenters. The van der Waals surface area contributed by atoms with Gasteiger partial charge in [-0.2, -0.15) is 8.42 Å². The summed E-state index contributed by atoms with van der Waals surface area (Å²) in [5.74, 6) is 2.72. The largest absolute Gasteiger partial charge is 0.493 e. The van der Waals surface area contributed by atoms with Gasteiger partial charge in [0.15, 0.2) is 11.5 Å². The molecule has 1 fully saturated rings. The van der Waals surface area contributed by atoms with E-state index in [4.69, 9.17) is 13.7 Å². The van der Waals surface area contributed by atoms with Crippen LogP contribution in [0.1, 0.15) is 65.8 Å². The van der Waals surface area contributed by atoms with Gasteiger partial charge in [-0.3, -0.25) is 0 Å². The molecule has 0 saturated heterocycles. The smallest absolute Gasteiger partial charge is 0.312 e. The Morgan fingerprint density at radius 3 is 2.67 bits per heavy atom. The maximum absolute atomic E-state index is 13.0. The van der Waals surface area contributed by atoms with E-state index in [9.17, 15) is 8.42 Å². The summed E-state index contributed by atoms with van der Waals surface area (Å²) in [6, 6.07) is 8.45. The maximum atomic E-state index is 13.0. The Morgan fingerprint density at radius 1 is 1.06 bits per heavy atom. The minimum absolute atomic E-state index is 0.400. The van der Waals surface area contributed by atoms with Gasteiger partial charge < -0.3 is 13.7 Å². The van der Waals surface area contributed by atoms with E-state index in [1.54, 1.807) is 7.11 Å². The molecule has 0 amide bonds. The van der Waals surface area contributed by atoms with Gasteiger partial charge in [-0.25, -0.2) is 0 Å². The van der Waals surface area contributed by atoms with Gasteiger partial charge in [0.05, 0.1) is 12.4 Å². The molecule has 2 aromatic rings. The Labute approximate surface area is 195 Å². The molecular formula is C27H30O5S. The van der Waals surface area contributed by atoms with E-state index < -0.39 is 15.4 Å². The number of ether oxygens (including phenoxy) is 2. The third-order valence-corrected chi connectivity index (χ3v) is 9.82. The summed E-state index contributed by atoms with van der Waals surface area (Å²) in [6.45, 7) is 4.71. The van der Waals surface area contributed by atoms with Crippen molar-refractivity contribution < 1.29 is 22.1 Å². The molecule has 1 aliphatic heterocycles. The van der Waals surface area contributed by atoms with Crippen molar-refractivity contribution in [3.8, 4) is 17.2 Å². The van der Waals surface area contributed by atoms with Gasteiger partial charge in [-0.05, 0) is 90.8 Å². The van der Waals surface area contributed by atoms with Crippen LogP contribution in [0, 0.1) is 5.92 Å². The van der Waals surface area contributed by atoms with E-state index in [-0.39, 0.29) is 0 Å². The van der Waals surface area contributed by atoms with Crippen LogP contribution in [0.4, 0.5) is 0 Å². The molecule has 4 aliphatic rings. The fraction of sp³-hybridized carbons (Fsp3) is 0.481. The molecule has 33 heavy (non-hydrogen) atoms. The van der Waals surface area contributed by atoms with Crippen molar-refractivity contribution >= 4 is 15.7 Å². The van der Waals surface area contributed by atoms with Crippen LogP contribution in [0.3, 0.4) is 0 Å². The van der Waals surface area contributed by atoms with Crippen molar-refractivity contribution in [1.29, 1.82) is 0 Å². The number of methoxy groups -OCH3 is 1. The lowest BCUT2D eigenvalue weighted by atomic mass is 9.66. The Bertz CT molecular complexity index is 1240. The van der Waals surface area contributed by atoms with Gasteiger partial charge in [0.2, 0.25) is 0 Å². The molecule has 0 spiro atoms. The number of rotatable bonds is 4. The summed E-state index contributed by atoms with van der Waals surface area (Å²) in [5.41, 5.74) is 7.15. The Balaban J connectivity index is 1.37. The maximum Gasteiger partial charge on any atom is 0.312 e. The molecule has 2 unspecified atom stereocenters. The molecule has 0 bridgehead atoms. The second-order valence-electron chi connectivity index (χ2n) is 9.97. The highest BCUT2D eigenvalue weighted by Crippen LogP contribution is 2.50. The molecule has 3 aliphatic carbocycles. The molecule has 174 valence electrons. The highest BCUT2D eigenvalue weighted by atomic mass is 32.2. The van der Waals surface area contributed by atoms with Crippen molar-refractivity contribution in [2.24, 2.45) is 5.92 Å². The Hall–Kier alpha value is -2.47. The minimum atomic E-state index is -3.67. The van der Waals surface area contributed by atoms with Crippen LogP contribution in [0.15, 0.2) is 30.8 Å². The molecule has 6 rings (SSSR count). The summed E-state index contributed by atoms with van der Waals surface area (Å²) in [6.07, 6.45) is 7.03. The highest BCUT2D eigenvalue weighted by molar-refractivity contribution is 7.87. The summed E-state index contributed by atoms with van der Waals surface area (Å²) < 4.78 is 43.4. The highest BCUT2D eigenvalue weighted by Gasteiger charge is 2.39. The van der Waals surface area contributed by atoms with Gasteiger partial charge >= 0.3 is 10.1 Å². The number of hydrogen-bond acceptors (Lipinski definition) is 5. The first-order chi connectivity index (χ1) is 15.9. The van der Waals surface area contributed by atoms with Gasteiger partial charge in [-0.1, -0.05) is 25.5 Å². The van der Waals surface area contributed by atoms with Crippen LogP contribution in [-0.4, -0.2) is 27.4 Å². The standard InChI is InChI=1S/C27H30O5S/c1-16-15-31-26-14-23-17(11-21(16)26)7-8-18-13-24-19(12-22(18)23)9-10-25(30-2)27(24)32-33(28,29)20-5-3-4-6-20/h9-11,14,18,20,22H,1,3-8,12-13,15H2,2H3. The molecule has 0 N–H and O–H groups in total. The molecule has 5 nitrogen and oxygen atoms in total. The Kier molecular flexibility index (Phi) is 4.98. The first-order valence-electron chi connectivity index (χ1n) is 12.0. The van der Waals surface area contributed by atoms with Crippen LogP contribution < -0.4 is 13.7 Å². The lowest BCUT2D eigenvalue weighted by molar-refractivity contribution is 0.335. The van der Waals surface area contributed by atoms with E-state index in [0.29, 0.717) is 42.8 Å². The van der Waals surface area contributed by atoms with Crippen molar-refractivity contribution in [2.75, 3.05) is 13.7 Å². The average Bonchev–Trinajstić information content (AvgIpc) is 3.48. The normalized spacial score (nSPS) is 23.8. The second kappa shape index (κ2) is 7.79. The lowest BCUT2D eigenvalue weighted by Gasteiger charge is -2.39. The predicted octanol–water partition coefficient (Wildman–Crippen LogP) is 5.20. The fourth-order valence-corrected chi connectivity index (χ4v) is 7.79. The van der Waals surface area contributed by atoms with E-state index in [0.717, 1.165) is 66.5 Å². The minimum Gasteiger partial charge on any atom is -0.493 e. The summed E-state index contributed by atoms with van der Waals surface area (Å²) in [5, 5.41) is -0.409. The van der Waals surface area contributed by atoms with Crippen molar-refractivity contribution in [3.63, 3.8) is 0 Å². The summed E-state index contributed by atoms with van der Waals surface area (Å²) in [7, 11) is -2.10. The molecule has 1 saturated carbocycles. The predicted molar refractivity (Wildman–Crippen MR) is 128 cm³/mol. The van der Waals surface area contributed by atoms with Crippen molar-refractivity contribution in [1.82, 2.24) is 0 Å². The second-order valence-corrected chi connectivity index (χ2v) is 11.8.